The van der Waals surface area contributed by atoms with Crippen molar-refractivity contribution in [2.75, 3.05) is 23.3 Å². The van der Waals surface area contributed by atoms with Crippen LogP contribution in [0.5, 0.6) is 0 Å². The van der Waals surface area contributed by atoms with Crippen LogP contribution < -0.4 is 15.4 Å². The van der Waals surface area contributed by atoms with Crippen molar-refractivity contribution in [1.29, 1.82) is 0 Å². The summed E-state index contributed by atoms with van der Waals surface area (Å²) in [7, 11) is -3.76. The van der Waals surface area contributed by atoms with Crippen LogP contribution in [0, 0.1) is 5.92 Å². The summed E-state index contributed by atoms with van der Waals surface area (Å²) in [5.41, 5.74) is 2.34. The minimum Gasteiger partial charge on any atom is -0.354 e. The Balaban J connectivity index is 1.40. The molecule has 2 aromatic carbocycles. The molecule has 8 nitrogen and oxygen atoms in total. The average Bonchev–Trinajstić information content (AvgIpc) is 2.80. The first-order valence-corrected chi connectivity index (χ1v) is 11.5. The Bertz CT molecular complexity index is 1150. The van der Waals surface area contributed by atoms with E-state index in [4.69, 9.17) is 5.14 Å². The van der Waals surface area contributed by atoms with Crippen molar-refractivity contribution in [3.63, 3.8) is 0 Å². The van der Waals surface area contributed by atoms with Crippen LogP contribution in [0.25, 0.3) is 11.3 Å². The number of nitrogens with two attached hydrogens (primary N) is 1. The maximum absolute atomic E-state index is 12.7. The van der Waals surface area contributed by atoms with Gasteiger partial charge in [-0.05, 0) is 49.2 Å². The Morgan fingerprint density at radius 1 is 1.00 bits per heavy atom. The third-order valence-corrected chi connectivity index (χ3v) is 6.22. The van der Waals surface area contributed by atoms with E-state index < -0.39 is 10.0 Å². The molecule has 9 heteroatoms. The van der Waals surface area contributed by atoms with E-state index in [-0.39, 0.29) is 16.7 Å². The molecule has 1 aromatic heterocycles. The smallest absolute Gasteiger partial charge is 0.238 e. The monoisotopic (exact) mass is 437 g/mol. The molecule has 0 radical (unpaired) electrons. The zero-order valence-electron chi connectivity index (χ0n) is 16.8. The number of sulfonamides is 1. The molecule has 31 heavy (non-hydrogen) atoms. The maximum Gasteiger partial charge on any atom is 0.238 e. The molecular weight excluding hydrogens is 414 g/mol. The molecule has 1 fully saturated rings. The zero-order valence-corrected chi connectivity index (χ0v) is 17.6. The second kappa shape index (κ2) is 8.83. The number of nitrogens with one attached hydrogen (secondary N) is 1. The van der Waals surface area contributed by atoms with Crippen molar-refractivity contribution in [3.05, 3.63) is 66.7 Å². The SMILES string of the molecule is NS(=O)(=O)c1ccc(NC(=O)C2CCCN(c3ccc(-c4ccccc4)nn3)C2)cc1. The molecule has 4 rings (SSSR count). The molecule has 1 amide bonds. The number of benzene rings is 2. The summed E-state index contributed by atoms with van der Waals surface area (Å²) in [6.45, 7) is 1.35. The Morgan fingerprint density at radius 3 is 2.39 bits per heavy atom. The van der Waals surface area contributed by atoms with E-state index >= 15 is 0 Å². The number of rotatable bonds is 5. The second-order valence-corrected chi connectivity index (χ2v) is 9.05. The highest BCUT2D eigenvalue weighted by molar-refractivity contribution is 7.89. The Hall–Kier alpha value is -3.30. The van der Waals surface area contributed by atoms with Gasteiger partial charge in [0, 0.05) is 24.3 Å². The Morgan fingerprint density at radius 2 is 1.74 bits per heavy atom. The third-order valence-electron chi connectivity index (χ3n) is 5.29. The summed E-state index contributed by atoms with van der Waals surface area (Å²) in [5, 5.41) is 16.7. The molecular formula is C22H23N5O3S. The number of piperidine rings is 1. The van der Waals surface area contributed by atoms with Crippen molar-refractivity contribution < 1.29 is 13.2 Å². The Kier molecular flexibility index (Phi) is 5.97. The van der Waals surface area contributed by atoms with Gasteiger partial charge in [0.25, 0.3) is 0 Å². The molecule has 0 aliphatic carbocycles. The molecule has 1 aliphatic heterocycles. The molecule has 1 saturated heterocycles. The van der Waals surface area contributed by atoms with Crippen LogP contribution >= 0.6 is 0 Å². The first-order valence-electron chi connectivity index (χ1n) is 9.98. The highest BCUT2D eigenvalue weighted by atomic mass is 32.2. The number of primary sulfonamides is 1. The number of carbonyl (C=O) groups is 1. The van der Waals surface area contributed by atoms with E-state index in [2.05, 4.69) is 20.4 Å². The molecule has 0 spiro atoms. The number of carbonyl (C=O) groups excluding carboxylic acids is 1. The van der Waals surface area contributed by atoms with Crippen LogP contribution in [0.2, 0.25) is 0 Å². The predicted molar refractivity (Wildman–Crippen MR) is 119 cm³/mol. The minimum absolute atomic E-state index is 0.00636. The van der Waals surface area contributed by atoms with Crippen molar-refractivity contribution >= 4 is 27.4 Å². The molecule has 160 valence electrons. The average molecular weight is 438 g/mol. The summed E-state index contributed by atoms with van der Waals surface area (Å²) < 4.78 is 22.7. The van der Waals surface area contributed by atoms with Crippen LogP contribution in [-0.4, -0.2) is 37.6 Å². The van der Waals surface area contributed by atoms with Gasteiger partial charge in [0.1, 0.15) is 0 Å². The number of aromatic nitrogens is 2. The van der Waals surface area contributed by atoms with Crippen LogP contribution in [0.4, 0.5) is 11.5 Å². The van der Waals surface area contributed by atoms with Crippen molar-refractivity contribution in [2.24, 2.45) is 11.1 Å². The molecule has 0 saturated carbocycles. The molecule has 3 aromatic rings. The first-order chi connectivity index (χ1) is 14.9. The molecule has 3 N–H and O–H groups in total. The molecule has 1 aliphatic rings. The summed E-state index contributed by atoms with van der Waals surface area (Å²) in [4.78, 5) is 14.8. The van der Waals surface area contributed by atoms with Gasteiger partial charge in [-0.1, -0.05) is 30.3 Å². The van der Waals surface area contributed by atoms with Crippen LogP contribution in [0.15, 0.2) is 71.6 Å². The lowest BCUT2D eigenvalue weighted by Crippen LogP contribution is -2.41. The molecule has 1 unspecified atom stereocenters. The van der Waals surface area contributed by atoms with Crippen LogP contribution in [0.1, 0.15) is 12.8 Å². The predicted octanol–water partition coefficient (Wildman–Crippen LogP) is 2.65. The number of hydrogen-bond acceptors (Lipinski definition) is 6. The first kappa shape index (κ1) is 21.0. The largest absolute Gasteiger partial charge is 0.354 e. The number of anilines is 2. The van der Waals surface area contributed by atoms with Gasteiger partial charge in [0.15, 0.2) is 5.82 Å². The van der Waals surface area contributed by atoms with Gasteiger partial charge >= 0.3 is 0 Å². The van der Waals surface area contributed by atoms with Gasteiger partial charge < -0.3 is 10.2 Å². The zero-order chi connectivity index (χ0) is 21.8. The van der Waals surface area contributed by atoms with Gasteiger partial charge in [-0.2, -0.15) is 0 Å². The van der Waals surface area contributed by atoms with Crippen molar-refractivity contribution in [3.8, 4) is 11.3 Å². The third kappa shape index (κ3) is 5.07. The van der Waals surface area contributed by atoms with Crippen LogP contribution in [-0.2, 0) is 14.8 Å². The normalized spacial score (nSPS) is 16.7. The fourth-order valence-electron chi connectivity index (χ4n) is 3.63. The van der Waals surface area contributed by atoms with Crippen LogP contribution in [0.3, 0.4) is 0 Å². The van der Waals surface area contributed by atoms with E-state index in [1.807, 2.05) is 42.5 Å². The van der Waals surface area contributed by atoms with E-state index in [1.54, 1.807) is 0 Å². The quantitative estimate of drug-likeness (QED) is 0.633. The lowest BCUT2D eigenvalue weighted by Gasteiger charge is -2.32. The molecule has 1 atom stereocenters. The fourth-order valence-corrected chi connectivity index (χ4v) is 4.14. The lowest BCUT2D eigenvalue weighted by molar-refractivity contribution is -0.120. The molecule has 0 bridgehead atoms. The molecule has 2 heterocycles. The number of nitrogens with zero attached hydrogens (tertiary/aromatic N) is 3. The van der Waals surface area contributed by atoms with E-state index in [0.717, 1.165) is 36.5 Å². The maximum atomic E-state index is 12.7. The summed E-state index contributed by atoms with van der Waals surface area (Å²) in [6.07, 6.45) is 1.64. The second-order valence-electron chi connectivity index (χ2n) is 7.49. The topological polar surface area (TPSA) is 118 Å². The number of hydrogen-bond donors (Lipinski definition) is 2. The minimum atomic E-state index is -3.76. The van der Waals surface area contributed by atoms with Gasteiger partial charge in [0.05, 0.1) is 16.5 Å². The standard InChI is InChI=1S/C22H23N5O3S/c23-31(29,30)19-10-8-18(9-11-19)24-22(28)17-7-4-14-27(15-17)21-13-12-20(25-26-21)16-5-2-1-3-6-16/h1-3,5-6,8-13,17H,4,7,14-15H2,(H,24,28)(H2,23,29,30). The highest BCUT2D eigenvalue weighted by Gasteiger charge is 2.27. The van der Waals surface area contributed by atoms with E-state index in [9.17, 15) is 13.2 Å². The van der Waals surface area contributed by atoms with Gasteiger partial charge in [-0.25, -0.2) is 13.6 Å². The van der Waals surface area contributed by atoms with Gasteiger partial charge in [0.2, 0.25) is 15.9 Å². The summed E-state index contributed by atoms with van der Waals surface area (Å²) >= 11 is 0. The van der Waals surface area contributed by atoms with E-state index in [0.29, 0.717) is 12.2 Å². The highest BCUT2D eigenvalue weighted by Crippen LogP contribution is 2.24. The fraction of sp³-hybridized carbons (Fsp3) is 0.227. The lowest BCUT2D eigenvalue weighted by atomic mass is 9.97. The van der Waals surface area contributed by atoms with Crippen molar-refractivity contribution in [1.82, 2.24) is 10.2 Å². The van der Waals surface area contributed by atoms with Crippen molar-refractivity contribution in [2.45, 2.75) is 17.7 Å². The Labute approximate surface area is 181 Å². The summed E-state index contributed by atoms with van der Waals surface area (Å²) in [5.74, 6) is 0.430. The number of amides is 1. The summed E-state index contributed by atoms with van der Waals surface area (Å²) in [6, 6.07) is 19.5. The van der Waals surface area contributed by atoms with Gasteiger partial charge in [-0.15, -0.1) is 10.2 Å². The van der Waals surface area contributed by atoms with E-state index in [1.165, 1.54) is 24.3 Å². The van der Waals surface area contributed by atoms with Gasteiger partial charge in [-0.3, -0.25) is 4.79 Å².